The maximum Gasteiger partial charge on any atom is 0.344 e. The van der Waals surface area contributed by atoms with E-state index in [-0.39, 0.29) is 12.4 Å². The summed E-state index contributed by atoms with van der Waals surface area (Å²) in [5, 5.41) is 0. The van der Waals surface area contributed by atoms with Gasteiger partial charge in [-0.15, -0.1) is 23.5 Å². The van der Waals surface area contributed by atoms with Gasteiger partial charge in [-0.25, -0.2) is 4.79 Å². The van der Waals surface area contributed by atoms with Crippen LogP contribution in [0.5, 0.6) is 5.75 Å². The molecule has 1 atom stereocenters. The molecule has 0 unspecified atom stereocenters. The minimum atomic E-state index is -0.861. The topological polar surface area (TPSA) is 52.6 Å². The van der Waals surface area contributed by atoms with E-state index in [0.717, 1.165) is 4.47 Å². The lowest BCUT2D eigenvalue weighted by molar-refractivity contribution is -0.148. The molecule has 1 saturated heterocycles. The lowest BCUT2D eigenvalue weighted by Gasteiger charge is -2.21. The highest BCUT2D eigenvalue weighted by atomic mass is 79.9. The van der Waals surface area contributed by atoms with Crippen molar-refractivity contribution in [2.75, 3.05) is 18.1 Å². The van der Waals surface area contributed by atoms with Crippen molar-refractivity contribution in [1.82, 2.24) is 0 Å². The van der Waals surface area contributed by atoms with E-state index in [1.54, 1.807) is 31.2 Å². The molecule has 148 valence electrons. The summed E-state index contributed by atoms with van der Waals surface area (Å²) in [5.41, 5.74) is 1.76. The number of carbonyl (C=O) groups is 2. The van der Waals surface area contributed by atoms with Crippen LogP contribution in [0.15, 0.2) is 53.0 Å². The maximum atomic E-state index is 12.3. The third-order valence-electron chi connectivity index (χ3n) is 4.14. The predicted octanol–water partition coefficient (Wildman–Crippen LogP) is 5.51. The van der Waals surface area contributed by atoms with Crippen molar-refractivity contribution in [2.45, 2.75) is 24.0 Å². The predicted molar refractivity (Wildman–Crippen MR) is 118 cm³/mol. The first kappa shape index (κ1) is 21.3. The van der Waals surface area contributed by atoms with Gasteiger partial charge in [-0.05, 0) is 54.7 Å². The van der Waals surface area contributed by atoms with Gasteiger partial charge in [-0.2, -0.15) is 0 Å². The molecule has 7 heteroatoms. The monoisotopic (exact) mass is 480 g/mol. The van der Waals surface area contributed by atoms with Crippen LogP contribution in [0.1, 0.15) is 33.8 Å². The van der Waals surface area contributed by atoms with E-state index in [2.05, 4.69) is 15.9 Å². The summed E-state index contributed by atoms with van der Waals surface area (Å²) in [7, 11) is 0. The quantitative estimate of drug-likeness (QED) is 0.384. The van der Waals surface area contributed by atoms with E-state index < -0.39 is 12.1 Å². The zero-order valence-electron chi connectivity index (χ0n) is 15.4. The fraction of sp³-hybridized carbons (Fsp3) is 0.333. The Morgan fingerprint density at radius 2 is 1.71 bits per heavy atom. The minimum absolute atomic E-state index is 0.232. The Labute approximate surface area is 181 Å². The first-order chi connectivity index (χ1) is 13.5. The molecule has 0 N–H and O–H groups in total. The SMILES string of the molecule is C[C@H](OC(=O)COc1ccc(C2SCCCS2)cc1)C(=O)c1ccc(Br)cc1. The van der Waals surface area contributed by atoms with E-state index in [1.807, 2.05) is 47.8 Å². The van der Waals surface area contributed by atoms with E-state index in [1.165, 1.54) is 23.5 Å². The van der Waals surface area contributed by atoms with Crippen molar-refractivity contribution in [3.05, 3.63) is 64.1 Å². The van der Waals surface area contributed by atoms with Gasteiger partial charge in [-0.3, -0.25) is 4.79 Å². The lowest BCUT2D eigenvalue weighted by Crippen LogP contribution is -2.27. The zero-order chi connectivity index (χ0) is 19.9. The molecule has 0 radical (unpaired) electrons. The number of carbonyl (C=O) groups excluding carboxylic acids is 2. The molecule has 1 aliphatic rings. The first-order valence-electron chi connectivity index (χ1n) is 8.98. The molecule has 0 saturated carbocycles. The van der Waals surface area contributed by atoms with Crippen LogP contribution in [0, 0.1) is 0 Å². The fourth-order valence-electron chi connectivity index (χ4n) is 2.68. The van der Waals surface area contributed by atoms with Gasteiger partial charge in [0.2, 0.25) is 5.78 Å². The van der Waals surface area contributed by atoms with Gasteiger partial charge in [0.25, 0.3) is 0 Å². The molecule has 1 fully saturated rings. The van der Waals surface area contributed by atoms with Gasteiger partial charge < -0.3 is 9.47 Å². The third-order valence-corrected chi connectivity index (χ3v) is 7.69. The largest absolute Gasteiger partial charge is 0.482 e. The van der Waals surface area contributed by atoms with Gasteiger partial charge in [0.1, 0.15) is 5.75 Å². The molecule has 3 rings (SSSR count). The summed E-state index contributed by atoms with van der Waals surface area (Å²) < 4.78 is 12.1. The number of benzene rings is 2. The molecule has 2 aromatic carbocycles. The van der Waals surface area contributed by atoms with Crippen molar-refractivity contribution in [1.29, 1.82) is 0 Å². The number of hydrogen-bond donors (Lipinski definition) is 0. The normalized spacial score (nSPS) is 15.6. The number of ketones is 1. The van der Waals surface area contributed by atoms with Gasteiger partial charge >= 0.3 is 5.97 Å². The molecule has 1 heterocycles. The van der Waals surface area contributed by atoms with Crippen molar-refractivity contribution in [3.63, 3.8) is 0 Å². The van der Waals surface area contributed by atoms with E-state index in [4.69, 9.17) is 9.47 Å². The van der Waals surface area contributed by atoms with Crippen LogP contribution in [-0.2, 0) is 9.53 Å². The minimum Gasteiger partial charge on any atom is -0.482 e. The Morgan fingerprint density at radius 1 is 1.07 bits per heavy atom. The van der Waals surface area contributed by atoms with E-state index in [0.29, 0.717) is 15.9 Å². The molecule has 28 heavy (non-hydrogen) atoms. The number of halogens is 1. The van der Waals surface area contributed by atoms with Gasteiger partial charge in [-0.1, -0.05) is 40.2 Å². The highest BCUT2D eigenvalue weighted by molar-refractivity contribution is 9.10. The molecule has 2 aromatic rings. The molecule has 0 spiro atoms. The molecule has 4 nitrogen and oxygen atoms in total. The van der Waals surface area contributed by atoms with Crippen LogP contribution in [0.25, 0.3) is 0 Å². The van der Waals surface area contributed by atoms with Gasteiger partial charge in [0, 0.05) is 10.0 Å². The second kappa shape index (κ2) is 10.4. The summed E-state index contributed by atoms with van der Waals surface area (Å²) in [4.78, 5) is 24.3. The highest BCUT2D eigenvalue weighted by Crippen LogP contribution is 2.43. The Bertz CT molecular complexity index is 802. The molecular weight excluding hydrogens is 460 g/mol. The van der Waals surface area contributed by atoms with Crippen LogP contribution in [0.3, 0.4) is 0 Å². The number of esters is 1. The first-order valence-corrected chi connectivity index (χ1v) is 11.9. The zero-order valence-corrected chi connectivity index (χ0v) is 18.6. The molecule has 0 amide bonds. The summed E-state index contributed by atoms with van der Waals surface area (Å²) in [6, 6.07) is 14.8. The number of ether oxygens (including phenoxy) is 2. The van der Waals surface area contributed by atoms with Crippen LogP contribution in [-0.4, -0.2) is 36.0 Å². The molecular formula is C21H21BrO4S2. The summed E-state index contributed by atoms with van der Waals surface area (Å²) in [6.07, 6.45) is 0.401. The van der Waals surface area contributed by atoms with Crippen molar-refractivity contribution < 1.29 is 19.1 Å². The Morgan fingerprint density at radius 3 is 2.36 bits per heavy atom. The molecule has 1 aliphatic heterocycles. The maximum absolute atomic E-state index is 12.3. The van der Waals surface area contributed by atoms with E-state index in [9.17, 15) is 9.59 Å². The summed E-state index contributed by atoms with van der Waals surface area (Å²) in [6.45, 7) is 1.33. The van der Waals surface area contributed by atoms with E-state index >= 15 is 0 Å². The van der Waals surface area contributed by atoms with Gasteiger partial charge in [0.15, 0.2) is 12.7 Å². The Balaban J connectivity index is 1.47. The third kappa shape index (κ3) is 6.03. The number of rotatable bonds is 7. The number of thioether (sulfide) groups is 2. The summed E-state index contributed by atoms with van der Waals surface area (Å²) >= 11 is 7.25. The average Bonchev–Trinajstić information content (AvgIpc) is 2.73. The van der Waals surface area contributed by atoms with Crippen molar-refractivity contribution in [2.24, 2.45) is 0 Å². The van der Waals surface area contributed by atoms with Crippen LogP contribution in [0.4, 0.5) is 0 Å². The van der Waals surface area contributed by atoms with Crippen LogP contribution in [0.2, 0.25) is 0 Å². The van der Waals surface area contributed by atoms with Crippen molar-refractivity contribution in [3.8, 4) is 5.75 Å². The Kier molecular flexibility index (Phi) is 7.88. The number of Topliss-reactive ketones (excluding diaryl/α,β-unsaturated/α-hetero) is 1. The van der Waals surface area contributed by atoms with Crippen LogP contribution < -0.4 is 4.74 Å². The second-order valence-electron chi connectivity index (χ2n) is 6.29. The lowest BCUT2D eigenvalue weighted by atomic mass is 10.1. The Hall–Kier alpha value is -1.44. The highest BCUT2D eigenvalue weighted by Gasteiger charge is 2.20. The van der Waals surface area contributed by atoms with Crippen molar-refractivity contribution >= 4 is 51.2 Å². The average molecular weight is 481 g/mol. The standard InChI is InChI=1S/C21H21BrO4S2/c1-14(20(24)15-3-7-17(22)8-4-15)26-19(23)13-25-18-9-5-16(6-10-18)21-27-11-2-12-28-21/h3-10,14,21H,2,11-13H2,1H3/t14-/m0/s1. The van der Waals surface area contributed by atoms with Crippen LogP contribution >= 0.6 is 39.5 Å². The molecule has 0 aromatic heterocycles. The molecule has 0 bridgehead atoms. The smallest absolute Gasteiger partial charge is 0.344 e. The summed E-state index contributed by atoms with van der Waals surface area (Å²) in [5.74, 6) is 2.18. The molecule has 0 aliphatic carbocycles. The number of hydrogen-bond acceptors (Lipinski definition) is 6. The second-order valence-corrected chi connectivity index (χ2v) is 9.93. The van der Waals surface area contributed by atoms with Gasteiger partial charge in [0.05, 0.1) is 4.58 Å². The fourth-order valence-corrected chi connectivity index (χ4v) is 5.84.